The van der Waals surface area contributed by atoms with Gasteiger partial charge in [-0.2, -0.15) is 0 Å². The predicted octanol–water partition coefficient (Wildman–Crippen LogP) is 4.06. The Morgan fingerprint density at radius 2 is 1.73 bits per heavy atom. The second kappa shape index (κ2) is 6.17. The molecule has 1 aromatic heterocycles. The number of anilines is 1. The first-order valence-electron chi connectivity index (χ1n) is 8.35. The number of halogens is 1. The maximum atomic E-state index is 4.89. The Morgan fingerprint density at radius 3 is 2.50 bits per heavy atom. The third-order valence-corrected chi connectivity index (χ3v) is 5.74. The molecule has 0 aliphatic carbocycles. The molecule has 2 fully saturated rings. The lowest BCUT2D eigenvalue weighted by atomic mass is 10.0. The molecule has 2 aliphatic rings. The number of para-hydroxylation sites is 1. The fourth-order valence-corrected chi connectivity index (χ4v) is 4.31. The van der Waals surface area contributed by atoms with E-state index in [9.17, 15) is 0 Å². The highest BCUT2D eigenvalue weighted by Crippen LogP contribution is 2.27. The molecule has 0 N–H and O–H groups in total. The Labute approximate surface area is 140 Å². The Kier molecular flexibility index (Phi) is 4.05. The molecule has 0 amide bonds. The second-order valence-electron chi connectivity index (χ2n) is 6.44. The standard InChI is InChI=1S/C18H22BrN3/c19-16-5-3-4-14-6-7-17(20-18(14)16)22-12-8-15(9-13-22)21-10-1-2-11-21/h3-7,15H,1-2,8-13H2. The van der Waals surface area contributed by atoms with E-state index in [1.807, 2.05) is 0 Å². The lowest BCUT2D eigenvalue weighted by Gasteiger charge is -2.37. The summed E-state index contributed by atoms with van der Waals surface area (Å²) < 4.78 is 1.08. The van der Waals surface area contributed by atoms with Crippen LogP contribution in [-0.2, 0) is 0 Å². The van der Waals surface area contributed by atoms with Crippen LogP contribution in [0.15, 0.2) is 34.8 Å². The number of aromatic nitrogens is 1. The minimum atomic E-state index is 0.797. The van der Waals surface area contributed by atoms with E-state index in [1.54, 1.807) is 0 Å². The summed E-state index contributed by atoms with van der Waals surface area (Å²) in [5.74, 6) is 1.12. The van der Waals surface area contributed by atoms with E-state index in [2.05, 4.69) is 56.1 Å². The third-order valence-electron chi connectivity index (χ3n) is 5.10. The van der Waals surface area contributed by atoms with Gasteiger partial charge in [-0.3, -0.25) is 0 Å². The van der Waals surface area contributed by atoms with Crippen LogP contribution in [-0.4, -0.2) is 42.1 Å². The van der Waals surface area contributed by atoms with Gasteiger partial charge >= 0.3 is 0 Å². The molecule has 0 atom stereocenters. The van der Waals surface area contributed by atoms with E-state index in [0.29, 0.717) is 0 Å². The molecular weight excluding hydrogens is 338 g/mol. The molecule has 3 heterocycles. The van der Waals surface area contributed by atoms with Gasteiger partial charge in [0.2, 0.25) is 0 Å². The van der Waals surface area contributed by atoms with Gasteiger partial charge in [-0.25, -0.2) is 4.98 Å². The van der Waals surface area contributed by atoms with Crippen LogP contribution in [0.4, 0.5) is 5.82 Å². The van der Waals surface area contributed by atoms with Gasteiger partial charge in [0.05, 0.1) is 5.52 Å². The van der Waals surface area contributed by atoms with Crippen LogP contribution >= 0.6 is 15.9 Å². The van der Waals surface area contributed by atoms with Crippen molar-refractivity contribution in [3.05, 3.63) is 34.8 Å². The van der Waals surface area contributed by atoms with Crippen molar-refractivity contribution in [2.24, 2.45) is 0 Å². The maximum Gasteiger partial charge on any atom is 0.129 e. The molecule has 2 saturated heterocycles. The van der Waals surface area contributed by atoms with E-state index in [1.165, 1.54) is 44.2 Å². The molecule has 2 aromatic rings. The average molecular weight is 360 g/mol. The van der Waals surface area contributed by atoms with Crippen LogP contribution in [0.1, 0.15) is 25.7 Å². The summed E-state index contributed by atoms with van der Waals surface area (Å²) >= 11 is 3.62. The van der Waals surface area contributed by atoms with Gasteiger partial charge in [-0.1, -0.05) is 12.1 Å². The zero-order valence-electron chi connectivity index (χ0n) is 12.8. The van der Waals surface area contributed by atoms with E-state index in [0.717, 1.165) is 34.9 Å². The van der Waals surface area contributed by atoms with Gasteiger partial charge in [0.1, 0.15) is 5.82 Å². The van der Waals surface area contributed by atoms with Gasteiger partial charge in [0.25, 0.3) is 0 Å². The van der Waals surface area contributed by atoms with Crippen molar-refractivity contribution in [3.8, 4) is 0 Å². The van der Waals surface area contributed by atoms with E-state index in [4.69, 9.17) is 4.98 Å². The highest BCUT2D eigenvalue weighted by molar-refractivity contribution is 9.10. The number of pyridine rings is 1. The Bertz CT molecular complexity index is 658. The lowest BCUT2D eigenvalue weighted by molar-refractivity contribution is 0.207. The molecule has 4 rings (SSSR count). The average Bonchev–Trinajstić information content (AvgIpc) is 3.10. The van der Waals surface area contributed by atoms with Crippen molar-refractivity contribution in [1.29, 1.82) is 0 Å². The molecule has 4 heteroatoms. The largest absolute Gasteiger partial charge is 0.356 e. The smallest absolute Gasteiger partial charge is 0.129 e. The predicted molar refractivity (Wildman–Crippen MR) is 95.5 cm³/mol. The molecule has 0 radical (unpaired) electrons. The van der Waals surface area contributed by atoms with Crippen molar-refractivity contribution in [2.75, 3.05) is 31.1 Å². The van der Waals surface area contributed by atoms with Crippen molar-refractivity contribution in [2.45, 2.75) is 31.7 Å². The molecule has 1 aromatic carbocycles. The fourth-order valence-electron chi connectivity index (χ4n) is 3.84. The summed E-state index contributed by atoms with van der Waals surface area (Å²) in [7, 11) is 0. The van der Waals surface area contributed by atoms with Crippen LogP contribution in [0.5, 0.6) is 0 Å². The Balaban J connectivity index is 1.50. The Morgan fingerprint density at radius 1 is 0.955 bits per heavy atom. The molecule has 3 nitrogen and oxygen atoms in total. The minimum absolute atomic E-state index is 0.797. The van der Waals surface area contributed by atoms with Crippen molar-refractivity contribution in [1.82, 2.24) is 9.88 Å². The van der Waals surface area contributed by atoms with Gasteiger partial charge in [-0.15, -0.1) is 0 Å². The van der Waals surface area contributed by atoms with E-state index >= 15 is 0 Å². The zero-order valence-corrected chi connectivity index (χ0v) is 14.4. The molecular formula is C18H22BrN3. The van der Waals surface area contributed by atoms with Crippen molar-refractivity contribution < 1.29 is 0 Å². The molecule has 0 bridgehead atoms. The van der Waals surface area contributed by atoms with Crippen LogP contribution in [0.3, 0.4) is 0 Å². The fraction of sp³-hybridized carbons (Fsp3) is 0.500. The highest BCUT2D eigenvalue weighted by Gasteiger charge is 2.26. The number of rotatable bonds is 2. The second-order valence-corrected chi connectivity index (χ2v) is 7.30. The maximum absolute atomic E-state index is 4.89. The first kappa shape index (κ1) is 14.5. The highest BCUT2D eigenvalue weighted by atomic mass is 79.9. The first-order chi connectivity index (χ1) is 10.8. The van der Waals surface area contributed by atoms with Gasteiger partial charge in [-0.05, 0) is 72.9 Å². The van der Waals surface area contributed by atoms with Crippen molar-refractivity contribution >= 4 is 32.7 Å². The summed E-state index contributed by atoms with van der Waals surface area (Å²) in [6.45, 7) is 4.88. The number of benzene rings is 1. The van der Waals surface area contributed by atoms with E-state index in [-0.39, 0.29) is 0 Å². The number of likely N-dealkylation sites (tertiary alicyclic amines) is 1. The summed E-state index contributed by atoms with van der Waals surface area (Å²) in [5, 5.41) is 1.20. The Hall–Kier alpha value is -1.13. The number of hydrogen-bond acceptors (Lipinski definition) is 3. The van der Waals surface area contributed by atoms with Gasteiger partial charge in [0.15, 0.2) is 0 Å². The molecule has 2 aliphatic heterocycles. The molecule has 116 valence electrons. The molecule has 0 saturated carbocycles. The van der Waals surface area contributed by atoms with Crippen LogP contribution in [0.2, 0.25) is 0 Å². The number of nitrogens with zero attached hydrogens (tertiary/aromatic N) is 3. The SMILES string of the molecule is Brc1cccc2ccc(N3CCC(N4CCCC4)CC3)nc12. The molecule has 0 spiro atoms. The zero-order chi connectivity index (χ0) is 14.9. The third kappa shape index (κ3) is 2.74. The summed E-state index contributed by atoms with van der Waals surface area (Å²) in [6.07, 6.45) is 5.33. The summed E-state index contributed by atoms with van der Waals surface area (Å²) in [4.78, 5) is 10.0. The number of piperidine rings is 1. The van der Waals surface area contributed by atoms with Crippen LogP contribution in [0.25, 0.3) is 10.9 Å². The minimum Gasteiger partial charge on any atom is -0.356 e. The summed E-state index contributed by atoms with van der Waals surface area (Å²) in [6, 6.07) is 11.4. The van der Waals surface area contributed by atoms with Crippen LogP contribution < -0.4 is 4.90 Å². The van der Waals surface area contributed by atoms with Gasteiger partial charge < -0.3 is 9.80 Å². The quantitative estimate of drug-likeness (QED) is 0.805. The van der Waals surface area contributed by atoms with E-state index < -0.39 is 0 Å². The van der Waals surface area contributed by atoms with Gasteiger partial charge in [0, 0.05) is 29.0 Å². The molecule has 22 heavy (non-hydrogen) atoms. The van der Waals surface area contributed by atoms with Crippen molar-refractivity contribution in [3.63, 3.8) is 0 Å². The first-order valence-corrected chi connectivity index (χ1v) is 9.15. The summed E-state index contributed by atoms with van der Waals surface area (Å²) in [5.41, 5.74) is 1.07. The normalized spacial score (nSPS) is 20.9. The lowest BCUT2D eigenvalue weighted by Crippen LogP contribution is -2.44. The monoisotopic (exact) mass is 359 g/mol. The number of hydrogen-bond donors (Lipinski definition) is 0. The van der Waals surface area contributed by atoms with Crippen LogP contribution in [0, 0.1) is 0 Å². The number of fused-ring (bicyclic) bond motifs is 1. The molecule has 0 unspecified atom stereocenters. The topological polar surface area (TPSA) is 19.4 Å².